The van der Waals surface area contributed by atoms with Gasteiger partial charge in [0.05, 0.1) is 6.54 Å². The van der Waals surface area contributed by atoms with Crippen molar-refractivity contribution in [1.29, 1.82) is 0 Å². The molecular formula is C19H22N2O2. The van der Waals surface area contributed by atoms with Gasteiger partial charge in [-0.1, -0.05) is 36.4 Å². The second kappa shape index (κ2) is 6.73. The van der Waals surface area contributed by atoms with E-state index in [2.05, 4.69) is 23.5 Å². The van der Waals surface area contributed by atoms with Crippen molar-refractivity contribution in [1.82, 2.24) is 10.2 Å². The highest BCUT2D eigenvalue weighted by Crippen LogP contribution is 2.22. The Morgan fingerprint density at radius 2 is 1.96 bits per heavy atom. The maximum absolute atomic E-state index is 12.2. The molecule has 2 aromatic rings. The molecule has 0 fully saturated rings. The van der Waals surface area contributed by atoms with E-state index in [1.54, 1.807) is 24.1 Å². The molecule has 2 aromatic carbocycles. The van der Waals surface area contributed by atoms with Gasteiger partial charge in [0, 0.05) is 19.2 Å². The van der Waals surface area contributed by atoms with Gasteiger partial charge in [0.1, 0.15) is 5.75 Å². The largest absolute Gasteiger partial charge is 0.508 e. The third-order valence-electron chi connectivity index (χ3n) is 4.35. The number of rotatable bonds is 4. The number of aryl methyl sites for hydroxylation is 2. The quantitative estimate of drug-likeness (QED) is 0.911. The van der Waals surface area contributed by atoms with E-state index < -0.39 is 0 Å². The van der Waals surface area contributed by atoms with Crippen LogP contribution in [0.1, 0.15) is 28.7 Å². The first-order chi connectivity index (χ1) is 11.1. The lowest BCUT2D eigenvalue weighted by molar-refractivity contribution is 0.206. The minimum atomic E-state index is -0.145. The van der Waals surface area contributed by atoms with Crippen LogP contribution in [0, 0.1) is 0 Å². The fraction of sp³-hybridized carbons (Fsp3) is 0.316. The fourth-order valence-corrected chi connectivity index (χ4v) is 3.02. The minimum absolute atomic E-state index is 0.145. The van der Waals surface area contributed by atoms with Crippen molar-refractivity contribution >= 4 is 6.03 Å². The van der Waals surface area contributed by atoms with E-state index in [0.717, 1.165) is 17.5 Å². The average molecular weight is 310 g/mol. The minimum Gasteiger partial charge on any atom is -0.508 e. The number of hydrogen-bond acceptors (Lipinski definition) is 2. The zero-order valence-corrected chi connectivity index (χ0v) is 13.4. The summed E-state index contributed by atoms with van der Waals surface area (Å²) < 4.78 is 0. The Hall–Kier alpha value is -2.49. The molecule has 0 unspecified atom stereocenters. The first-order valence-electron chi connectivity index (χ1n) is 8.00. The summed E-state index contributed by atoms with van der Waals surface area (Å²) in [5.41, 5.74) is 4.73. The van der Waals surface area contributed by atoms with Crippen LogP contribution in [0.3, 0.4) is 0 Å². The first-order valence-corrected chi connectivity index (χ1v) is 8.00. The number of phenolic OH excluding ortho intramolecular Hbond substituents is 1. The van der Waals surface area contributed by atoms with E-state index in [4.69, 9.17) is 0 Å². The number of aromatic hydroxyl groups is 1. The maximum atomic E-state index is 12.2. The van der Waals surface area contributed by atoms with Gasteiger partial charge in [0.15, 0.2) is 0 Å². The smallest absolute Gasteiger partial charge is 0.317 e. The molecule has 1 aliphatic carbocycles. The van der Waals surface area contributed by atoms with Gasteiger partial charge in [-0.25, -0.2) is 4.79 Å². The molecule has 0 aliphatic heterocycles. The van der Waals surface area contributed by atoms with Crippen LogP contribution in [-0.4, -0.2) is 23.1 Å². The van der Waals surface area contributed by atoms with E-state index in [-0.39, 0.29) is 11.8 Å². The molecule has 2 amide bonds. The molecule has 120 valence electrons. The summed E-state index contributed by atoms with van der Waals surface area (Å²) in [6.07, 6.45) is 3.55. The van der Waals surface area contributed by atoms with Gasteiger partial charge in [0.25, 0.3) is 0 Å². The number of carbonyl (C=O) groups is 1. The molecule has 4 heteroatoms. The normalized spacial score (nSPS) is 12.7. The van der Waals surface area contributed by atoms with E-state index >= 15 is 0 Å². The average Bonchev–Trinajstić information content (AvgIpc) is 3.02. The molecule has 0 saturated heterocycles. The van der Waals surface area contributed by atoms with Crippen molar-refractivity contribution < 1.29 is 9.90 Å². The maximum Gasteiger partial charge on any atom is 0.317 e. The van der Waals surface area contributed by atoms with Crippen LogP contribution in [0.4, 0.5) is 4.79 Å². The molecule has 0 saturated carbocycles. The molecule has 2 N–H and O–H groups in total. The Kier molecular flexibility index (Phi) is 4.51. The summed E-state index contributed by atoms with van der Waals surface area (Å²) in [6.45, 7) is 0.903. The number of hydrogen-bond donors (Lipinski definition) is 2. The summed E-state index contributed by atoms with van der Waals surface area (Å²) >= 11 is 0. The Labute approximate surface area is 136 Å². The number of fused-ring (bicyclic) bond motifs is 1. The Balaban J connectivity index is 1.55. The summed E-state index contributed by atoms with van der Waals surface area (Å²) in [4.78, 5) is 13.8. The van der Waals surface area contributed by atoms with Crippen LogP contribution in [-0.2, 0) is 25.9 Å². The Bertz CT molecular complexity index is 712. The van der Waals surface area contributed by atoms with Gasteiger partial charge in [-0.2, -0.15) is 0 Å². The number of amides is 2. The van der Waals surface area contributed by atoms with Gasteiger partial charge in [0.2, 0.25) is 0 Å². The first kappa shape index (κ1) is 15.4. The second-order valence-corrected chi connectivity index (χ2v) is 6.10. The lowest BCUT2D eigenvalue weighted by Gasteiger charge is -2.19. The number of urea groups is 1. The third-order valence-corrected chi connectivity index (χ3v) is 4.35. The molecule has 1 aliphatic rings. The summed E-state index contributed by atoms with van der Waals surface area (Å²) in [7, 11) is 1.73. The summed E-state index contributed by atoms with van der Waals surface area (Å²) in [5, 5.41) is 12.7. The monoisotopic (exact) mass is 310 g/mol. The number of benzene rings is 2. The van der Waals surface area contributed by atoms with Crippen molar-refractivity contribution in [2.45, 2.75) is 32.4 Å². The Morgan fingerprint density at radius 1 is 1.17 bits per heavy atom. The lowest BCUT2D eigenvalue weighted by Crippen LogP contribution is -2.36. The van der Waals surface area contributed by atoms with Crippen molar-refractivity contribution in [2.24, 2.45) is 0 Å². The number of nitrogens with zero attached hydrogens (tertiary/aromatic N) is 1. The van der Waals surface area contributed by atoms with Crippen molar-refractivity contribution in [3.63, 3.8) is 0 Å². The van der Waals surface area contributed by atoms with Crippen LogP contribution < -0.4 is 5.32 Å². The standard InChI is InChI=1S/C19H22N2O2/c1-21(13-17-5-2-3-8-18(17)22)19(23)20-12-14-9-10-15-6-4-7-16(15)11-14/h2-3,5,8-11,22H,4,6-7,12-13H2,1H3,(H,20,23). The number of nitrogens with one attached hydrogen (secondary N) is 1. The SMILES string of the molecule is CN(Cc1ccccc1O)C(=O)NCc1ccc2c(c1)CCC2. The van der Waals surface area contributed by atoms with Crippen LogP contribution in [0.25, 0.3) is 0 Å². The van der Waals surface area contributed by atoms with E-state index in [1.165, 1.54) is 24.0 Å². The molecule has 0 atom stereocenters. The number of para-hydroxylation sites is 1. The topological polar surface area (TPSA) is 52.6 Å². The van der Waals surface area contributed by atoms with Crippen LogP contribution >= 0.6 is 0 Å². The zero-order chi connectivity index (χ0) is 16.2. The predicted octanol–water partition coefficient (Wildman–Crippen LogP) is 3.22. The highest BCUT2D eigenvalue weighted by molar-refractivity contribution is 5.74. The van der Waals surface area contributed by atoms with Crippen LogP contribution in [0.2, 0.25) is 0 Å². The number of phenols is 1. The fourth-order valence-electron chi connectivity index (χ4n) is 3.02. The highest BCUT2D eigenvalue weighted by Gasteiger charge is 2.13. The zero-order valence-electron chi connectivity index (χ0n) is 13.4. The van der Waals surface area contributed by atoms with Crippen LogP contribution in [0.15, 0.2) is 42.5 Å². The lowest BCUT2D eigenvalue weighted by atomic mass is 10.1. The molecule has 0 radical (unpaired) electrons. The highest BCUT2D eigenvalue weighted by atomic mass is 16.3. The van der Waals surface area contributed by atoms with E-state index in [1.807, 2.05) is 12.1 Å². The van der Waals surface area contributed by atoms with Gasteiger partial charge in [-0.05, 0) is 42.0 Å². The molecule has 3 rings (SSSR count). The predicted molar refractivity (Wildman–Crippen MR) is 90.3 cm³/mol. The molecule has 0 bridgehead atoms. The van der Waals surface area contributed by atoms with Gasteiger partial charge in [-0.15, -0.1) is 0 Å². The molecule has 0 heterocycles. The van der Waals surface area contributed by atoms with Crippen molar-refractivity contribution in [2.75, 3.05) is 7.05 Å². The van der Waals surface area contributed by atoms with Gasteiger partial charge >= 0.3 is 6.03 Å². The van der Waals surface area contributed by atoms with Crippen LogP contribution in [0.5, 0.6) is 5.75 Å². The van der Waals surface area contributed by atoms with E-state index in [0.29, 0.717) is 13.1 Å². The number of carbonyl (C=O) groups excluding carboxylic acids is 1. The van der Waals surface area contributed by atoms with Gasteiger partial charge in [-0.3, -0.25) is 0 Å². The van der Waals surface area contributed by atoms with Gasteiger partial charge < -0.3 is 15.3 Å². The summed E-state index contributed by atoms with van der Waals surface area (Å²) in [6, 6.07) is 13.4. The Morgan fingerprint density at radius 3 is 2.78 bits per heavy atom. The molecule has 0 spiro atoms. The molecule has 23 heavy (non-hydrogen) atoms. The van der Waals surface area contributed by atoms with Crippen molar-refractivity contribution in [3.05, 3.63) is 64.7 Å². The molecular weight excluding hydrogens is 288 g/mol. The third kappa shape index (κ3) is 3.65. The van der Waals surface area contributed by atoms with E-state index in [9.17, 15) is 9.90 Å². The van der Waals surface area contributed by atoms with Crippen molar-refractivity contribution in [3.8, 4) is 5.75 Å². The molecule has 0 aromatic heterocycles. The summed E-state index contributed by atoms with van der Waals surface area (Å²) in [5.74, 6) is 0.214. The molecule has 4 nitrogen and oxygen atoms in total. The second-order valence-electron chi connectivity index (χ2n) is 6.10.